The molecule has 0 saturated carbocycles. The Morgan fingerprint density at radius 3 is 2.78 bits per heavy atom. The van der Waals surface area contributed by atoms with Crippen molar-refractivity contribution in [3.63, 3.8) is 0 Å². The minimum Gasteiger partial charge on any atom is -0.393 e. The van der Waals surface area contributed by atoms with Gasteiger partial charge in [-0.15, -0.1) is 0 Å². The Bertz CT molecular complexity index is 543. The van der Waals surface area contributed by atoms with E-state index < -0.39 is 0 Å². The first-order valence-electron chi connectivity index (χ1n) is 6.37. The summed E-state index contributed by atoms with van der Waals surface area (Å²) in [5.41, 5.74) is 8.60. The van der Waals surface area contributed by atoms with Gasteiger partial charge in [0.05, 0.1) is 17.5 Å². The first-order valence-corrected chi connectivity index (χ1v) is 6.37. The summed E-state index contributed by atoms with van der Waals surface area (Å²) in [5, 5.41) is 9.53. The lowest BCUT2D eigenvalue weighted by Gasteiger charge is -2.31. The molecule has 1 saturated heterocycles. The van der Waals surface area contributed by atoms with E-state index in [0.29, 0.717) is 6.54 Å². The van der Waals surface area contributed by atoms with Crippen LogP contribution in [0, 0.1) is 0 Å². The Balaban J connectivity index is 1.88. The number of pyridine rings is 1. The highest BCUT2D eigenvalue weighted by molar-refractivity contribution is 5.52. The highest BCUT2D eigenvalue weighted by Crippen LogP contribution is 2.20. The molecule has 0 aliphatic carbocycles. The second kappa shape index (κ2) is 4.59. The van der Waals surface area contributed by atoms with Gasteiger partial charge in [-0.05, 0) is 25.0 Å². The van der Waals surface area contributed by atoms with Gasteiger partial charge in [0, 0.05) is 32.0 Å². The molecular formula is C13H18N4O. The van der Waals surface area contributed by atoms with Crippen molar-refractivity contribution >= 4 is 11.3 Å². The lowest BCUT2D eigenvalue weighted by atomic mass is 10.1. The van der Waals surface area contributed by atoms with Gasteiger partial charge in [-0.1, -0.05) is 0 Å². The number of nitrogens with two attached hydrogens (primary N) is 1. The topological polar surface area (TPSA) is 66.8 Å². The van der Waals surface area contributed by atoms with Gasteiger partial charge in [-0.25, -0.2) is 4.98 Å². The minimum atomic E-state index is -0.137. The Labute approximate surface area is 106 Å². The van der Waals surface area contributed by atoms with Crippen LogP contribution >= 0.6 is 0 Å². The summed E-state index contributed by atoms with van der Waals surface area (Å²) in [4.78, 5) is 6.71. The smallest absolute Gasteiger partial charge is 0.137 e. The molecular weight excluding hydrogens is 228 g/mol. The number of nitrogens with zero attached hydrogens (tertiary/aromatic N) is 3. The van der Waals surface area contributed by atoms with Gasteiger partial charge in [-0.2, -0.15) is 0 Å². The van der Waals surface area contributed by atoms with Gasteiger partial charge in [0.2, 0.25) is 0 Å². The van der Waals surface area contributed by atoms with Crippen molar-refractivity contribution in [2.24, 2.45) is 5.73 Å². The summed E-state index contributed by atoms with van der Waals surface area (Å²) in [6, 6.07) is 4.10. The maximum absolute atomic E-state index is 9.53. The van der Waals surface area contributed by atoms with Crippen LogP contribution < -0.4 is 10.6 Å². The zero-order valence-electron chi connectivity index (χ0n) is 10.3. The molecule has 0 amide bonds. The predicted molar refractivity (Wildman–Crippen MR) is 70.5 cm³/mol. The summed E-state index contributed by atoms with van der Waals surface area (Å²) in [5.74, 6) is 0. The zero-order chi connectivity index (χ0) is 12.5. The molecule has 96 valence electrons. The summed E-state index contributed by atoms with van der Waals surface area (Å²) in [7, 11) is 0. The highest BCUT2D eigenvalue weighted by Gasteiger charge is 2.17. The number of hydrogen-bond acceptors (Lipinski definition) is 4. The maximum atomic E-state index is 9.53. The first kappa shape index (κ1) is 11.5. The number of hydrogen-bond donors (Lipinski definition) is 2. The number of fused-ring (bicyclic) bond motifs is 1. The van der Waals surface area contributed by atoms with Crippen LogP contribution in [-0.2, 0) is 6.54 Å². The van der Waals surface area contributed by atoms with E-state index in [1.807, 2.05) is 16.7 Å². The standard InChI is InChI=1S/C13H18N4O/c14-7-10-8-17-9-11(1-2-13(17)15-10)16-5-3-12(18)4-6-16/h1-2,8-9,12,18H,3-7,14H2. The molecule has 5 nitrogen and oxygen atoms in total. The normalized spacial score (nSPS) is 17.6. The van der Waals surface area contributed by atoms with Crippen molar-refractivity contribution in [1.29, 1.82) is 0 Å². The molecule has 0 unspecified atom stereocenters. The fourth-order valence-electron chi connectivity index (χ4n) is 2.44. The Morgan fingerprint density at radius 1 is 1.28 bits per heavy atom. The quantitative estimate of drug-likeness (QED) is 0.820. The second-order valence-electron chi connectivity index (χ2n) is 4.81. The van der Waals surface area contributed by atoms with E-state index in [2.05, 4.69) is 22.1 Å². The molecule has 0 spiro atoms. The molecule has 0 radical (unpaired) electrons. The molecule has 3 N–H and O–H groups in total. The Hall–Kier alpha value is -1.59. The van der Waals surface area contributed by atoms with E-state index in [0.717, 1.165) is 37.3 Å². The third-order valence-electron chi connectivity index (χ3n) is 3.52. The maximum Gasteiger partial charge on any atom is 0.137 e. The van der Waals surface area contributed by atoms with Gasteiger partial charge in [0.25, 0.3) is 0 Å². The Kier molecular flexibility index (Phi) is 2.93. The first-order chi connectivity index (χ1) is 8.76. The van der Waals surface area contributed by atoms with Crippen molar-refractivity contribution in [2.75, 3.05) is 18.0 Å². The van der Waals surface area contributed by atoms with E-state index in [1.54, 1.807) is 0 Å². The van der Waals surface area contributed by atoms with Crippen LogP contribution in [0.15, 0.2) is 24.5 Å². The number of rotatable bonds is 2. The third-order valence-corrected chi connectivity index (χ3v) is 3.52. The summed E-state index contributed by atoms with van der Waals surface area (Å²) in [6.07, 6.45) is 5.60. The molecule has 5 heteroatoms. The van der Waals surface area contributed by atoms with Gasteiger partial charge in [0.15, 0.2) is 0 Å². The number of anilines is 1. The van der Waals surface area contributed by atoms with Gasteiger partial charge >= 0.3 is 0 Å². The van der Waals surface area contributed by atoms with Crippen molar-refractivity contribution in [2.45, 2.75) is 25.5 Å². The summed E-state index contributed by atoms with van der Waals surface area (Å²) >= 11 is 0. The van der Waals surface area contributed by atoms with Crippen LogP contribution in [0.25, 0.3) is 5.65 Å². The van der Waals surface area contributed by atoms with E-state index in [4.69, 9.17) is 5.73 Å². The van der Waals surface area contributed by atoms with Gasteiger partial charge < -0.3 is 20.1 Å². The van der Waals surface area contributed by atoms with E-state index in [-0.39, 0.29) is 6.10 Å². The molecule has 0 aromatic carbocycles. The van der Waals surface area contributed by atoms with Crippen LogP contribution in [0.2, 0.25) is 0 Å². The predicted octanol–water partition coefficient (Wildman–Crippen LogP) is 0.754. The van der Waals surface area contributed by atoms with Gasteiger partial charge in [-0.3, -0.25) is 0 Å². The van der Waals surface area contributed by atoms with Crippen molar-refractivity contribution in [3.8, 4) is 0 Å². The Morgan fingerprint density at radius 2 is 2.06 bits per heavy atom. The monoisotopic (exact) mass is 246 g/mol. The number of imidazole rings is 1. The van der Waals surface area contributed by atoms with E-state index >= 15 is 0 Å². The molecule has 3 rings (SSSR count). The van der Waals surface area contributed by atoms with E-state index in [9.17, 15) is 5.11 Å². The number of aliphatic hydroxyl groups excluding tert-OH is 1. The SMILES string of the molecule is NCc1cn2cc(N3CCC(O)CC3)ccc2n1. The second-order valence-corrected chi connectivity index (χ2v) is 4.81. The molecule has 1 aliphatic heterocycles. The minimum absolute atomic E-state index is 0.137. The van der Waals surface area contributed by atoms with Crippen LogP contribution in [-0.4, -0.2) is 33.7 Å². The number of piperidine rings is 1. The van der Waals surface area contributed by atoms with Gasteiger partial charge in [0.1, 0.15) is 5.65 Å². The molecule has 1 fully saturated rings. The van der Waals surface area contributed by atoms with E-state index in [1.165, 1.54) is 5.69 Å². The molecule has 0 atom stereocenters. The highest BCUT2D eigenvalue weighted by atomic mass is 16.3. The fraction of sp³-hybridized carbons (Fsp3) is 0.462. The number of aliphatic hydroxyl groups is 1. The largest absolute Gasteiger partial charge is 0.393 e. The number of aromatic nitrogens is 2. The van der Waals surface area contributed by atoms with Crippen molar-refractivity contribution in [3.05, 3.63) is 30.2 Å². The van der Waals surface area contributed by atoms with Crippen LogP contribution in [0.4, 0.5) is 5.69 Å². The molecule has 2 aromatic rings. The zero-order valence-corrected chi connectivity index (χ0v) is 10.3. The van der Waals surface area contributed by atoms with Crippen molar-refractivity contribution < 1.29 is 5.11 Å². The molecule has 0 bridgehead atoms. The molecule has 1 aliphatic rings. The molecule has 2 aromatic heterocycles. The molecule has 3 heterocycles. The van der Waals surface area contributed by atoms with Crippen molar-refractivity contribution in [1.82, 2.24) is 9.38 Å². The lowest BCUT2D eigenvalue weighted by molar-refractivity contribution is 0.145. The third kappa shape index (κ3) is 2.07. The summed E-state index contributed by atoms with van der Waals surface area (Å²) in [6.45, 7) is 2.28. The van der Waals surface area contributed by atoms with Crippen LogP contribution in [0.1, 0.15) is 18.5 Å². The average molecular weight is 246 g/mol. The lowest BCUT2D eigenvalue weighted by Crippen LogP contribution is -2.35. The fourth-order valence-corrected chi connectivity index (χ4v) is 2.44. The van der Waals surface area contributed by atoms with Crippen LogP contribution in [0.5, 0.6) is 0 Å². The van der Waals surface area contributed by atoms with Crippen LogP contribution in [0.3, 0.4) is 0 Å². The molecule has 18 heavy (non-hydrogen) atoms. The summed E-state index contributed by atoms with van der Waals surface area (Å²) < 4.78 is 2.02. The average Bonchev–Trinajstić information content (AvgIpc) is 2.81.